The molecule has 3 aliphatic heterocycles. The highest BCUT2D eigenvalue weighted by Gasteiger charge is 2.79. The molecule has 0 radical (unpaired) electrons. The largest absolute Gasteiger partial charge is 0.396 e. The molecule has 8 nitrogen and oxygen atoms in total. The molecule has 218 valence electrons. The fraction of sp³-hybridized carbons (Fsp3) is 0.594. The molecular formula is C32H45N3O5. The van der Waals surface area contributed by atoms with Crippen LogP contribution in [0.25, 0.3) is 0 Å². The molecule has 40 heavy (non-hydrogen) atoms. The van der Waals surface area contributed by atoms with Crippen molar-refractivity contribution in [1.82, 2.24) is 9.80 Å². The quantitative estimate of drug-likeness (QED) is 0.298. The summed E-state index contributed by atoms with van der Waals surface area (Å²) in [5, 5.41) is 9.30. The zero-order chi connectivity index (χ0) is 29.2. The van der Waals surface area contributed by atoms with Crippen LogP contribution >= 0.6 is 0 Å². The van der Waals surface area contributed by atoms with Gasteiger partial charge in [-0.15, -0.1) is 13.2 Å². The molecular weight excluding hydrogens is 506 g/mol. The second-order valence-electron chi connectivity index (χ2n) is 11.6. The van der Waals surface area contributed by atoms with Crippen LogP contribution < -0.4 is 4.90 Å². The van der Waals surface area contributed by atoms with Gasteiger partial charge in [0.15, 0.2) is 0 Å². The van der Waals surface area contributed by atoms with Crippen LogP contribution in [-0.2, 0) is 19.1 Å². The van der Waals surface area contributed by atoms with E-state index in [2.05, 4.69) is 13.2 Å². The summed E-state index contributed by atoms with van der Waals surface area (Å²) in [6.07, 6.45) is 7.15. The van der Waals surface area contributed by atoms with Gasteiger partial charge < -0.3 is 24.5 Å². The van der Waals surface area contributed by atoms with Gasteiger partial charge in [-0.1, -0.05) is 37.3 Å². The van der Waals surface area contributed by atoms with Gasteiger partial charge >= 0.3 is 0 Å². The summed E-state index contributed by atoms with van der Waals surface area (Å²) >= 11 is 0. The minimum absolute atomic E-state index is 0.0802. The topological polar surface area (TPSA) is 90.4 Å². The molecule has 1 N–H and O–H groups in total. The third-order valence-corrected chi connectivity index (χ3v) is 9.30. The molecule has 4 rings (SSSR count). The monoisotopic (exact) mass is 551 g/mol. The maximum Gasteiger partial charge on any atom is 0.253 e. The van der Waals surface area contributed by atoms with Gasteiger partial charge in [0.1, 0.15) is 11.6 Å². The predicted molar refractivity (Wildman–Crippen MR) is 156 cm³/mol. The van der Waals surface area contributed by atoms with Crippen molar-refractivity contribution in [2.24, 2.45) is 11.8 Å². The lowest BCUT2D eigenvalue weighted by Gasteiger charge is -2.37. The minimum atomic E-state index is -1.08. The highest BCUT2D eigenvalue weighted by molar-refractivity contribution is 6.05. The molecule has 3 saturated heterocycles. The van der Waals surface area contributed by atoms with Crippen LogP contribution in [-0.4, -0.2) is 83.2 Å². The Bertz CT molecular complexity index is 1150. The molecule has 1 spiro atoms. The van der Waals surface area contributed by atoms with Crippen LogP contribution in [0.3, 0.4) is 0 Å². The van der Waals surface area contributed by atoms with Crippen LogP contribution in [0.5, 0.6) is 0 Å². The Morgan fingerprint density at radius 3 is 2.38 bits per heavy atom. The molecule has 2 unspecified atom stereocenters. The number of ether oxygens (including phenoxy) is 1. The van der Waals surface area contributed by atoms with Gasteiger partial charge in [0.05, 0.1) is 17.4 Å². The predicted octanol–water partition coefficient (Wildman–Crippen LogP) is 3.78. The molecule has 3 fully saturated rings. The lowest BCUT2D eigenvalue weighted by atomic mass is 9.64. The number of aryl methyl sites for hydroxylation is 2. The summed E-state index contributed by atoms with van der Waals surface area (Å²) in [5.74, 6) is -1.89. The van der Waals surface area contributed by atoms with Crippen molar-refractivity contribution >= 4 is 23.4 Å². The third-order valence-electron chi connectivity index (χ3n) is 9.30. The molecule has 0 aliphatic carbocycles. The van der Waals surface area contributed by atoms with Gasteiger partial charge in [-0.3, -0.25) is 14.4 Å². The van der Waals surface area contributed by atoms with Gasteiger partial charge in [0, 0.05) is 39.0 Å². The average molecular weight is 552 g/mol. The number of nitrogens with zero attached hydrogens (tertiary/aromatic N) is 3. The van der Waals surface area contributed by atoms with Crippen molar-refractivity contribution in [3.05, 3.63) is 54.6 Å². The normalized spacial score (nSPS) is 28.5. The van der Waals surface area contributed by atoms with Crippen LogP contribution in [0.15, 0.2) is 43.5 Å². The van der Waals surface area contributed by atoms with Crippen LogP contribution in [0, 0.1) is 25.7 Å². The van der Waals surface area contributed by atoms with Crippen molar-refractivity contribution in [3.63, 3.8) is 0 Å². The van der Waals surface area contributed by atoms with E-state index in [0.717, 1.165) is 23.2 Å². The van der Waals surface area contributed by atoms with Gasteiger partial charge in [-0.25, -0.2) is 0 Å². The maximum atomic E-state index is 14.8. The molecule has 3 aliphatic rings. The van der Waals surface area contributed by atoms with Crippen molar-refractivity contribution in [2.75, 3.05) is 38.2 Å². The molecule has 1 aromatic rings. The second kappa shape index (κ2) is 11.9. The molecule has 0 aromatic heterocycles. The number of rotatable bonds is 13. The molecule has 1 aromatic carbocycles. The summed E-state index contributed by atoms with van der Waals surface area (Å²) in [5.41, 5.74) is 0.881. The van der Waals surface area contributed by atoms with Gasteiger partial charge in [0.25, 0.3) is 5.91 Å². The van der Waals surface area contributed by atoms with Gasteiger partial charge in [-0.2, -0.15) is 0 Å². The Kier molecular flexibility index (Phi) is 8.90. The second-order valence-corrected chi connectivity index (χ2v) is 11.6. The number of benzene rings is 1. The summed E-state index contributed by atoms with van der Waals surface area (Å²) in [6, 6.07) is 5.07. The average Bonchev–Trinajstić information content (AvgIpc) is 3.53. The lowest BCUT2D eigenvalue weighted by Crippen LogP contribution is -2.57. The van der Waals surface area contributed by atoms with Crippen molar-refractivity contribution < 1.29 is 24.2 Å². The molecule has 2 bridgehead atoms. The Labute approximate surface area is 238 Å². The number of likely N-dealkylation sites (N-methyl/N-ethyl adjacent to an activating group) is 1. The zero-order valence-electron chi connectivity index (χ0n) is 24.5. The fourth-order valence-corrected chi connectivity index (χ4v) is 7.50. The van der Waals surface area contributed by atoms with Gasteiger partial charge in [0.2, 0.25) is 11.8 Å². The first kappa shape index (κ1) is 30.0. The number of likely N-dealkylation sites (tertiary alicyclic amines) is 1. The number of carbonyl (C=O) groups is 3. The minimum Gasteiger partial charge on any atom is -0.396 e. The highest BCUT2D eigenvalue weighted by Crippen LogP contribution is 2.64. The number of hydrogen-bond acceptors (Lipinski definition) is 5. The lowest BCUT2D eigenvalue weighted by molar-refractivity contribution is -0.150. The number of aliphatic hydroxyl groups excluding tert-OH is 1. The van der Waals surface area contributed by atoms with Crippen LogP contribution in [0.2, 0.25) is 0 Å². The van der Waals surface area contributed by atoms with Crippen LogP contribution in [0.1, 0.15) is 56.6 Å². The zero-order valence-corrected chi connectivity index (χ0v) is 24.5. The van der Waals surface area contributed by atoms with E-state index in [4.69, 9.17) is 4.74 Å². The summed E-state index contributed by atoms with van der Waals surface area (Å²) in [4.78, 5) is 48.1. The first-order valence-corrected chi connectivity index (χ1v) is 14.6. The van der Waals surface area contributed by atoms with Crippen molar-refractivity contribution in [1.29, 1.82) is 0 Å². The number of para-hydroxylation sites is 1. The molecule has 8 heteroatoms. The molecule has 3 heterocycles. The van der Waals surface area contributed by atoms with Crippen LogP contribution in [0.4, 0.5) is 5.69 Å². The van der Waals surface area contributed by atoms with E-state index in [1.165, 1.54) is 0 Å². The maximum absolute atomic E-state index is 14.8. The summed E-state index contributed by atoms with van der Waals surface area (Å²) < 4.78 is 6.92. The number of aliphatic hydroxyl groups is 1. The molecule has 0 saturated carbocycles. The molecule has 5 atom stereocenters. The highest BCUT2D eigenvalue weighted by atomic mass is 16.5. The van der Waals surface area contributed by atoms with E-state index in [9.17, 15) is 19.5 Å². The first-order valence-electron chi connectivity index (χ1n) is 14.6. The number of unbranched alkanes of at least 4 members (excludes halogenated alkanes) is 2. The number of hydrogen-bond donors (Lipinski definition) is 1. The van der Waals surface area contributed by atoms with E-state index in [-0.39, 0.29) is 30.9 Å². The fourth-order valence-electron chi connectivity index (χ4n) is 7.50. The SMILES string of the molecule is C=CCN(C)C(=O)[C@H]1[C@H]2C(=O)N(CCCCCO)C(C(=O)N(CC=C)c3c(C)cccc3C)C23CC[C@]1(CC)O3. The number of carbonyl (C=O) groups excluding carboxylic acids is 3. The van der Waals surface area contributed by atoms with E-state index < -0.39 is 29.1 Å². The number of fused-ring (bicyclic) bond motifs is 1. The third kappa shape index (κ3) is 4.69. The van der Waals surface area contributed by atoms with E-state index in [1.54, 1.807) is 33.9 Å². The Hall–Kier alpha value is -2.97. The standard InChI is InChI=1S/C32H45N3O5/c1-7-18-33(6)28(37)24-25-29(38)35(20-11-10-12-21-36)27(32(25)17-16-31(24,9-3)40-32)30(39)34(19-8-2)26-22(4)14-13-15-23(26)5/h7-8,13-15,24-25,27,36H,1-2,9-12,16-21H2,3-6H3/t24-,25+,27?,31+,32?/m1/s1. The van der Waals surface area contributed by atoms with Crippen molar-refractivity contribution in [3.8, 4) is 0 Å². The number of anilines is 1. The van der Waals surface area contributed by atoms with E-state index in [1.807, 2.05) is 39.0 Å². The summed E-state index contributed by atoms with van der Waals surface area (Å²) in [6.45, 7) is 14.8. The molecule has 3 amide bonds. The Morgan fingerprint density at radius 2 is 1.77 bits per heavy atom. The summed E-state index contributed by atoms with van der Waals surface area (Å²) in [7, 11) is 1.73. The van der Waals surface area contributed by atoms with E-state index >= 15 is 0 Å². The Morgan fingerprint density at radius 1 is 1.10 bits per heavy atom. The van der Waals surface area contributed by atoms with E-state index in [0.29, 0.717) is 45.2 Å². The van der Waals surface area contributed by atoms with Gasteiger partial charge in [-0.05, 0) is 63.5 Å². The number of amides is 3. The first-order chi connectivity index (χ1) is 19.1. The Balaban J connectivity index is 1.82. The van der Waals surface area contributed by atoms with Crippen molar-refractivity contribution in [2.45, 2.75) is 76.5 Å². The smallest absolute Gasteiger partial charge is 0.253 e.